The maximum absolute atomic E-state index is 12.5. The molecule has 2 heterocycles. The van der Waals surface area contributed by atoms with E-state index in [0.29, 0.717) is 16.8 Å². The van der Waals surface area contributed by atoms with Crippen molar-refractivity contribution in [2.45, 2.75) is 26.7 Å². The van der Waals surface area contributed by atoms with Crippen LogP contribution in [-0.2, 0) is 0 Å². The van der Waals surface area contributed by atoms with E-state index in [0.717, 1.165) is 31.6 Å². The van der Waals surface area contributed by atoms with E-state index >= 15 is 0 Å². The Bertz CT molecular complexity index is 689. The molecule has 0 atom stereocenters. The van der Waals surface area contributed by atoms with Gasteiger partial charge in [-0.2, -0.15) is 0 Å². The van der Waals surface area contributed by atoms with Gasteiger partial charge in [0.2, 0.25) is 5.82 Å². The Morgan fingerprint density at radius 3 is 2.64 bits per heavy atom. The van der Waals surface area contributed by atoms with Gasteiger partial charge in [0, 0.05) is 13.1 Å². The highest BCUT2D eigenvalue weighted by Gasteiger charge is 2.25. The first-order valence-electron chi connectivity index (χ1n) is 7.54. The molecule has 116 valence electrons. The summed E-state index contributed by atoms with van der Waals surface area (Å²) >= 11 is 6.20. The van der Waals surface area contributed by atoms with Crippen molar-refractivity contribution in [2.75, 3.05) is 13.1 Å². The fourth-order valence-electron chi connectivity index (χ4n) is 2.69. The summed E-state index contributed by atoms with van der Waals surface area (Å²) in [6.45, 7) is 5.60. The van der Waals surface area contributed by atoms with Crippen LogP contribution in [0.1, 0.15) is 36.2 Å². The Kier molecular flexibility index (Phi) is 4.16. The SMILES string of the molecule is Cc1nc(C(=O)N2CCC(C)CC2)nn1-c1ccccc1Cl. The summed E-state index contributed by atoms with van der Waals surface area (Å²) in [7, 11) is 0. The third kappa shape index (κ3) is 2.86. The van der Waals surface area contributed by atoms with E-state index in [-0.39, 0.29) is 11.7 Å². The van der Waals surface area contributed by atoms with Crippen LogP contribution in [0.4, 0.5) is 0 Å². The summed E-state index contributed by atoms with van der Waals surface area (Å²) in [5.74, 6) is 1.48. The Hall–Kier alpha value is -1.88. The number of hydrogen-bond acceptors (Lipinski definition) is 3. The molecule has 5 nitrogen and oxygen atoms in total. The van der Waals surface area contributed by atoms with E-state index in [9.17, 15) is 4.79 Å². The molecule has 6 heteroatoms. The van der Waals surface area contributed by atoms with Gasteiger partial charge in [-0.25, -0.2) is 9.67 Å². The summed E-state index contributed by atoms with van der Waals surface area (Å²) in [5.41, 5.74) is 0.737. The van der Waals surface area contributed by atoms with Gasteiger partial charge in [-0.1, -0.05) is 30.7 Å². The van der Waals surface area contributed by atoms with Gasteiger partial charge < -0.3 is 4.90 Å². The standard InChI is InChI=1S/C16H19ClN4O/c1-11-7-9-20(10-8-11)16(22)15-18-12(2)21(19-15)14-6-4-3-5-13(14)17/h3-6,11H,7-10H2,1-2H3. The average molecular weight is 319 g/mol. The maximum atomic E-state index is 12.5. The monoisotopic (exact) mass is 318 g/mol. The number of aryl methyl sites for hydroxylation is 1. The van der Waals surface area contributed by atoms with E-state index < -0.39 is 0 Å². The maximum Gasteiger partial charge on any atom is 0.293 e. The van der Waals surface area contributed by atoms with Crippen LogP contribution in [0.15, 0.2) is 24.3 Å². The minimum Gasteiger partial charge on any atom is -0.336 e. The second-order valence-electron chi connectivity index (χ2n) is 5.82. The first kappa shape index (κ1) is 15.0. The molecule has 0 saturated carbocycles. The summed E-state index contributed by atoms with van der Waals surface area (Å²) in [4.78, 5) is 18.7. The zero-order valence-electron chi connectivity index (χ0n) is 12.8. The first-order valence-corrected chi connectivity index (χ1v) is 7.92. The van der Waals surface area contributed by atoms with Gasteiger partial charge in [0.05, 0.1) is 10.7 Å². The zero-order valence-corrected chi connectivity index (χ0v) is 13.5. The number of piperidine rings is 1. The number of rotatable bonds is 2. The number of para-hydroxylation sites is 1. The quantitative estimate of drug-likeness (QED) is 0.855. The molecular formula is C16H19ClN4O. The van der Waals surface area contributed by atoms with Gasteiger partial charge in [0.15, 0.2) is 0 Å². The molecule has 1 amide bonds. The van der Waals surface area contributed by atoms with Crippen LogP contribution >= 0.6 is 11.6 Å². The lowest BCUT2D eigenvalue weighted by Gasteiger charge is -2.29. The lowest BCUT2D eigenvalue weighted by Crippen LogP contribution is -2.38. The molecule has 3 rings (SSSR count). The van der Waals surface area contributed by atoms with Crippen LogP contribution < -0.4 is 0 Å². The van der Waals surface area contributed by atoms with Gasteiger partial charge in [0.25, 0.3) is 5.91 Å². The molecule has 0 N–H and O–H groups in total. The van der Waals surface area contributed by atoms with Crippen molar-refractivity contribution in [3.05, 3.63) is 40.9 Å². The molecule has 22 heavy (non-hydrogen) atoms. The van der Waals surface area contributed by atoms with Crippen LogP contribution in [0.3, 0.4) is 0 Å². The summed E-state index contributed by atoms with van der Waals surface area (Å²) in [6.07, 6.45) is 2.08. The van der Waals surface area contributed by atoms with Crippen molar-refractivity contribution in [3.8, 4) is 5.69 Å². The van der Waals surface area contributed by atoms with Gasteiger partial charge in [-0.15, -0.1) is 5.10 Å². The summed E-state index contributed by atoms with van der Waals surface area (Å²) in [6, 6.07) is 7.40. The number of amides is 1. The average Bonchev–Trinajstić information content (AvgIpc) is 2.90. The molecule has 1 aliphatic heterocycles. The lowest BCUT2D eigenvalue weighted by atomic mass is 9.99. The van der Waals surface area contributed by atoms with Gasteiger partial charge in [-0.3, -0.25) is 4.79 Å². The van der Waals surface area contributed by atoms with Crippen molar-refractivity contribution >= 4 is 17.5 Å². The number of benzene rings is 1. The topological polar surface area (TPSA) is 51.0 Å². The Balaban J connectivity index is 1.86. The Morgan fingerprint density at radius 1 is 1.27 bits per heavy atom. The molecule has 1 aromatic heterocycles. The predicted octanol–water partition coefficient (Wildman–Crippen LogP) is 3.10. The highest BCUT2D eigenvalue weighted by atomic mass is 35.5. The highest BCUT2D eigenvalue weighted by Crippen LogP contribution is 2.21. The van der Waals surface area contributed by atoms with Crippen molar-refractivity contribution in [1.29, 1.82) is 0 Å². The van der Waals surface area contributed by atoms with Crippen molar-refractivity contribution < 1.29 is 4.79 Å². The van der Waals surface area contributed by atoms with Gasteiger partial charge in [0.1, 0.15) is 5.82 Å². The smallest absolute Gasteiger partial charge is 0.293 e. The third-order valence-corrected chi connectivity index (χ3v) is 4.43. The summed E-state index contributed by atoms with van der Waals surface area (Å²) < 4.78 is 1.63. The number of likely N-dealkylation sites (tertiary alicyclic amines) is 1. The minimum atomic E-state index is -0.0965. The molecule has 1 aliphatic rings. The number of carbonyl (C=O) groups excluding carboxylic acids is 1. The highest BCUT2D eigenvalue weighted by molar-refractivity contribution is 6.32. The van der Waals surface area contributed by atoms with Gasteiger partial charge >= 0.3 is 0 Å². The predicted molar refractivity (Wildman–Crippen MR) is 85.4 cm³/mol. The second-order valence-corrected chi connectivity index (χ2v) is 6.23. The summed E-state index contributed by atoms with van der Waals surface area (Å²) in [5, 5.41) is 4.95. The fourth-order valence-corrected chi connectivity index (χ4v) is 2.90. The molecule has 0 unspecified atom stereocenters. The molecule has 1 aromatic carbocycles. The van der Waals surface area contributed by atoms with Crippen molar-refractivity contribution in [3.63, 3.8) is 0 Å². The molecule has 0 bridgehead atoms. The normalized spacial score (nSPS) is 16.0. The number of carbonyl (C=O) groups is 1. The van der Waals surface area contributed by atoms with Crippen molar-refractivity contribution in [1.82, 2.24) is 19.7 Å². The number of hydrogen-bond donors (Lipinski definition) is 0. The third-order valence-electron chi connectivity index (χ3n) is 4.11. The van der Waals surface area contributed by atoms with Crippen LogP contribution in [0.2, 0.25) is 5.02 Å². The molecule has 2 aromatic rings. The van der Waals surface area contributed by atoms with Crippen LogP contribution in [0, 0.1) is 12.8 Å². The Morgan fingerprint density at radius 2 is 1.95 bits per heavy atom. The molecule has 1 fully saturated rings. The van der Waals surface area contributed by atoms with Crippen molar-refractivity contribution in [2.24, 2.45) is 5.92 Å². The van der Waals surface area contributed by atoms with E-state index in [1.807, 2.05) is 30.0 Å². The number of aromatic nitrogens is 3. The fraction of sp³-hybridized carbons (Fsp3) is 0.438. The largest absolute Gasteiger partial charge is 0.336 e. The number of nitrogens with zero attached hydrogens (tertiary/aromatic N) is 4. The second kappa shape index (κ2) is 6.08. The number of halogens is 1. The lowest BCUT2D eigenvalue weighted by molar-refractivity contribution is 0.0685. The first-order chi connectivity index (χ1) is 10.6. The van der Waals surface area contributed by atoms with Crippen LogP contribution in [-0.4, -0.2) is 38.7 Å². The molecule has 0 spiro atoms. The minimum absolute atomic E-state index is 0.0965. The van der Waals surface area contributed by atoms with Crippen LogP contribution in [0.5, 0.6) is 0 Å². The van der Waals surface area contributed by atoms with Crippen LogP contribution in [0.25, 0.3) is 5.69 Å². The van der Waals surface area contributed by atoms with E-state index in [2.05, 4.69) is 17.0 Å². The van der Waals surface area contributed by atoms with E-state index in [4.69, 9.17) is 11.6 Å². The Labute approximate surface area is 134 Å². The van der Waals surface area contributed by atoms with E-state index in [1.54, 1.807) is 10.7 Å². The molecule has 0 radical (unpaired) electrons. The van der Waals surface area contributed by atoms with E-state index in [1.165, 1.54) is 0 Å². The molecule has 1 saturated heterocycles. The zero-order chi connectivity index (χ0) is 15.7. The van der Waals surface area contributed by atoms with Gasteiger partial charge in [-0.05, 0) is 37.8 Å². The molecular weight excluding hydrogens is 300 g/mol. The molecule has 0 aliphatic carbocycles.